The first-order chi connectivity index (χ1) is 30.2. The van der Waals surface area contributed by atoms with Crippen molar-refractivity contribution in [2.24, 2.45) is 0 Å². The normalized spacial score (nSPS) is 11.3. The summed E-state index contributed by atoms with van der Waals surface area (Å²) in [4.78, 5) is 21.8. The Morgan fingerprint density at radius 2 is 0.705 bits per heavy atom. The van der Waals surface area contributed by atoms with Gasteiger partial charge in [0, 0.05) is 48.2 Å². The van der Waals surface area contributed by atoms with Crippen LogP contribution in [0.15, 0.2) is 218 Å². The maximum Gasteiger partial charge on any atom is 0.164 e. The maximum absolute atomic E-state index is 5.45. The van der Waals surface area contributed by atoms with Crippen molar-refractivity contribution in [1.82, 2.24) is 19.9 Å². The Hall–Kier alpha value is -7.86. The largest absolute Gasteiger partial charge is 0.247 e. The molecule has 3 heterocycles. The van der Waals surface area contributed by atoms with Gasteiger partial charge in [-0.05, 0) is 63.7 Å². The van der Waals surface area contributed by atoms with Crippen molar-refractivity contribution in [3.05, 3.63) is 218 Å². The number of hydrogen-bond acceptors (Lipinski definition) is 5. The molecule has 61 heavy (non-hydrogen) atoms. The van der Waals surface area contributed by atoms with Crippen LogP contribution in [-0.4, -0.2) is 19.9 Å². The number of thiophene rings is 1. The Labute approximate surface area is 358 Å². The van der Waals surface area contributed by atoms with Gasteiger partial charge in [0.1, 0.15) is 0 Å². The van der Waals surface area contributed by atoms with E-state index in [4.69, 9.17) is 19.9 Å². The second-order valence-corrected chi connectivity index (χ2v) is 16.0. The molecule has 11 aromatic rings. The molecular formula is C56H36N4S. The highest BCUT2D eigenvalue weighted by Crippen LogP contribution is 2.51. The van der Waals surface area contributed by atoms with Gasteiger partial charge in [0.15, 0.2) is 17.5 Å². The first-order valence-corrected chi connectivity index (χ1v) is 21.2. The Balaban J connectivity index is 1.20. The van der Waals surface area contributed by atoms with Crippen molar-refractivity contribution >= 4 is 32.3 Å². The average molecular weight is 797 g/mol. The minimum absolute atomic E-state index is 0.617. The van der Waals surface area contributed by atoms with Crippen LogP contribution in [0.5, 0.6) is 0 Å². The molecule has 0 N–H and O–H groups in total. The van der Waals surface area contributed by atoms with Gasteiger partial charge in [-0.3, -0.25) is 0 Å². The third kappa shape index (κ3) is 6.97. The van der Waals surface area contributed by atoms with Gasteiger partial charge in [0.2, 0.25) is 0 Å². The molecule has 8 aromatic carbocycles. The lowest BCUT2D eigenvalue weighted by Crippen LogP contribution is -2.00. The van der Waals surface area contributed by atoms with Crippen LogP contribution in [0.3, 0.4) is 0 Å². The Morgan fingerprint density at radius 1 is 0.295 bits per heavy atom. The third-order valence-corrected chi connectivity index (χ3v) is 12.4. The topological polar surface area (TPSA) is 51.6 Å². The Bertz CT molecular complexity index is 3220. The first kappa shape index (κ1) is 36.2. The van der Waals surface area contributed by atoms with Crippen LogP contribution >= 0.6 is 11.3 Å². The monoisotopic (exact) mass is 796 g/mol. The van der Waals surface area contributed by atoms with Crippen molar-refractivity contribution in [1.29, 1.82) is 0 Å². The van der Waals surface area contributed by atoms with Gasteiger partial charge in [0.25, 0.3) is 0 Å². The molecule has 0 saturated carbocycles. The predicted molar refractivity (Wildman–Crippen MR) is 254 cm³/mol. The molecule has 0 fully saturated rings. The van der Waals surface area contributed by atoms with Crippen LogP contribution in [0, 0.1) is 0 Å². The van der Waals surface area contributed by atoms with Crippen molar-refractivity contribution in [2.45, 2.75) is 0 Å². The number of aromatic nitrogens is 4. The summed E-state index contributed by atoms with van der Waals surface area (Å²) in [6.07, 6.45) is 0. The first-order valence-electron chi connectivity index (χ1n) is 20.4. The van der Waals surface area contributed by atoms with Crippen LogP contribution < -0.4 is 0 Å². The molecule has 4 nitrogen and oxygen atoms in total. The van der Waals surface area contributed by atoms with E-state index >= 15 is 0 Å². The minimum Gasteiger partial charge on any atom is -0.247 e. The molecule has 0 radical (unpaired) electrons. The van der Waals surface area contributed by atoms with Gasteiger partial charge < -0.3 is 0 Å². The minimum atomic E-state index is 0.617. The summed E-state index contributed by atoms with van der Waals surface area (Å²) in [6.45, 7) is 0. The van der Waals surface area contributed by atoms with E-state index in [0.29, 0.717) is 17.5 Å². The summed E-state index contributed by atoms with van der Waals surface area (Å²) < 4.78 is 1.20. The Morgan fingerprint density at radius 3 is 1.26 bits per heavy atom. The molecule has 0 bridgehead atoms. The van der Waals surface area contributed by atoms with Gasteiger partial charge in [-0.2, -0.15) is 0 Å². The van der Waals surface area contributed by atoms with Crippen molar-refractivity contribution in [2.75, 3.05) is 0 Å². The van der Waals surface area contributed by atoms with E-state index in [-0.39, 0.29) is 0 Å². The molecule has 0 atom stereocenters. The second kappa shape index (κ2) is 15.7. The molecule has 0 aliphatic rings. The van der Waals surface area contributed by atoms with Gasteiger partial charge in [-0.15, -0.1) is 11.3 Å². The molecule has 286 valence electrons. The van der Waals surface area contributed by atoms with E-state index in [1.54, 1.807) is 0 Å². The quantitative estimate of drug-likeness (QED) is 0.154. The zero-order valence-electron chi connectivity index (χ0n) is 33.0. The molecule has 0 amide bonds. The summed E-state index contributed by atoms with van der Waals surface area (Å²) in [5, 5.41) is 2.27. The SMILES string of the molecule is c1ccc(-c2cc(-c3ccccc3)cc(-c3c(-c4cccc(-c5nc(-c6ccccc6)nc(-c6ccccc6)n5)c4)sc4c3c(-c3ccccc3)nc3ccccc34)c2)cc1. The van der Waals surface area contributed by atoms with Gasteiger partial charge in [-0.1, -0.05) is 188 Å². The molecule has 3 aromatic heterocycles. The number of hydrogen-bond donors (Lipinski definition) is 0. The standard InChI is InChI=1S/C56H36N4S/c1-6-19-37(20-7-1)44-34-45(38-21-8-2-9-22-38)36-46(35-44)49-50-51(39-23-10-3-11-24-39)57-48-32-17-16-31-47(48)53(50)61-52(49)42-29-18-30-43(33-42)56-59-54(40-25-12-4-13-26-40)58-55(60-56)41-27-14-5-15-28-41/h1-36H. The zero-order valence-corrected chi connectivity index (χ0v) is 33.8. The van der Waals surface area contributed by atoms with E-state index in [0.717, 1.165) is 88.1 Å². The van der Waals surface area contributed by atoms with Gasteiger partial charge in [0.05, 0.1) is 11.2 Å². The molecular weight excluding hydrogens is 761 g/mol. The van der Waals surface area contributed by atoms with Crippen LogP contribution in [0.2, 0.25) is 0 Å². The highest BCUT2D eigenvalue weighted by atomic mass is 32.1. The maximum atomic E-state index is 5.45. The van der Waals surface area contributed by atoms with Crippen LogP contribution in [0.4, 0.5) is 0 Å². The highest BCUT2D eigenvalue weighted by Gasteiger charge is 2.24. The summed E-state index contributed by atoms with van der Waals surface area (Å²) in [7, 11) is 0. The fourth-order valence-corrected chi connectivity index (χ4v) is 9.53. The molecule has 0 unspecified atom stereocenters. The predicted octanol–water partition coefficient (Wildman–Crippen LogP) is 15.0. The average Bonchev–Trinajstić information content (AvgIpc) is 3.76. The lowest BCUT2D eigenvalue weighted by molar-refractivity contribution is 1.07. The summed E-state index contributed by atoms with van der Waals surface area (Å²) in [6, 6.07) is 76.4. The smallest absolute Gasteiger partial charge is 0.164 e. The summed E-state index contributed by atoms with van der Waals surface area (Å²) in [5.74, 6) is 1.88. The molecule has 0 aliphatic heterocycles. The second-order valence-electron chi connectivity index (χ2n) is 15.0. The zero-order chi connectivity index (χ0) is 40.5. The van der Waals surface area contributed by atoms with Crippen LogP contribution in [0.25, 0.3) is 110 Å². The fourth-order valence-electron chi connectivity index (χ4n) is 8.17. The molecule has 0 aliphatic carbocycles. The third-order valence-electron chi connectivity index (χ3n) is 11.1. The van der Waals surface area contributed by atoms with Crippen molar-refractivity contribution < 1.29 is 0 Å². The lowest BCUT2D eigenvalue weighted by Gasteiger charge is -2.15. The number of nitrogens with zero attached hydrogens (tertiary/aromatic N) is 4. The fraction of sp³-hybridized carbons (Fsp3) is 0. The Kier molecular flexibility index (Phi) is 9.34. The number of benzene rings is 8. The molecule has 0 spiro atoms. The van der Waals surface area contributed by atoms with Gasteiger partial charge >= 0.3 is 0 Å². The van der Waals surface area contributed by atoms with E-state index in [2.05, 4.69) is 158 Å². The molecule has 5 heteroatoms. The highest BCUT2D eigenvalue weighted by molar-refractivity contribution is 7.24. The number of pyridine rings is 1. The molecule has 11 rings (SSSR count). The molecule has 0 saturated heterocycles. The summed E-state index contributed by atoms with van der Waals surface area (Å²) >= 11 is 1.82. The van der Waals surface area contributed by atoms with E-state index in [1.165, 1.54) is 4.70 Å². The number of para-hydroxylation sites is 1. The van der Waals surface area contributed by atoms with Crippen molar-refractivity contribution in [3.8, 4) is 89.2 Å². The van der Waals surface area contributed by atoms with Crippen LogP contribution in [0.1, 0.15) is 0 Å². The van der Waals surface area contributed by atoms with Crippen molar-refractivity contribution in [3.63, 3.8) is 0 Å². The van der Waals surface area contributed by atoms with Crippen LogP contribution in [-0.2, 0) is 0 Å². The van der Waals surface area contributed by atoms with Gasteiger partial charge in [-0.25, -0.2) is 19.9 Å². The summed E-state index contributed by atoms with van der Waals surface area (Å²) in [5.41, 5.74) is 13.8. The van der Waals surface area contributed by atoms with E-state index in [1.807, 2.05) is 72.0 Å². The number of rotatable bonds is 8. The number of fused-ring (bicyclic) bond motifs is 3. The lowest BCUT2D eigenvalue weighted by atomic mass is 9.90. The van der Waals surface area contributed by atoms with E-state index in [9.17, 15) is 0 Å². The van der Waals surface area contributed by atoms with E-state index < -0.39 is 0 Å².